The van der Waals surface area contributed by atoms with Crippen molar-refractivity contribution in [3.63, 3.8) is 0 Å². The van der Waals surface area contributed by atoms with Gasteiger partial charge in [0.2, 0.25) is 0 Å². The molecule has 0 aliphatic carbocycles. The maximum absolute atomic E-state index is 6.39. The van der Waals surface area contributed by atoms with Gasteiger partial charge in [-0.15, -0.1) is 0 Å². The normalized spacial score (nSPS) is 12.5. The van der Waals surface area contributed by atoms with Gasteiger partial charge in [0.15, 0.2) is 0 Å². The van der Waals surface area contributed by atoms with Crippen molar-refractivity contribution in [2.24, 2.45) is 5.73 Å². The maximum Gasteiger partial charge on any atom is 0.0453 e. The van der Waals surface area contributed by atoms with Gasteiger partial charge in [-0.25, -0.2) is 0 Å². The average molecular weight is 317 g/mol. The number of fused-ring (bicyclic) bond motifs is 1. The Morgan fingerprint density at radius 2 is 1.71 bits per heavy atom. The van der Waals surface area contributed by atoms with E-state index in [9.17, 15) is 0 Å². The molecule has 106 valence electrons. The minimum absolute atomic E-state index is 0.185. The van der Waals surface area contributed by atoms with Crippen molar-refractivity contribution in [3.05, 3.63) is 76.0 Å². The molecule has 0 fully saturated rings. The summed E-state index contributed by atoms with van der Waals surface area (Å²) < 4.78 is 0. The Hall–Kier alpha value is -1.61. The lowest BCUT2D eigenvalue weighted by molar-refractivity contribution is 0.728. The highest BCUT2D eigenvalue weighted by molar-refractivity contribution is 6.36. The molecule has 0 amide bonds. The number of pyridine rings is 1. The van der Waals surface area contributed by atoms with Crippen LogP contribution >= 0.6 is 23.2 Å². The number of benzene rings is 2. The van der Waals surface area contributed by atoms with Gasteiger partial charge in [-0.1, -0.05) is 47.5 Å². The lowest BCUT2D eigenvalue weighted by Gasteiger charge is -2.16. The number of hydrogen-bond donors (Lipinski definition) is 1. The molecule has 2 nitrogen and oxygen atoms in total. The summed E-state index contributed by atoms with van der Waals surface area (Å²) in [5, 5.41) is 3.49. The summed E-state index contributed by atoms with van der Waals surface area (Å²) in [4.78, 5) is 4.19. The molecule has 0 radical (unpaired) electrons. The average Bonchev–Trinajstić information content (AvgIpc) is 2.50. The molecule has 4 heteroatoms. The third kappa shape index (κ3) is 2.88. The molecule has 2 N–H and O–H groups in total. The Morgan fingerprint density at radius 1 is 1.00 bits per heavy atom. The zero-order valence-electron chi connectivity index (χ0n) is 11.3. The van der Waals surface area contributed by atoms with Gasteiger partial charge in [0.1, 0.15) is 0 Å². The van der Waals surface area contributed by atoms with Crippen molar-refractivity contribution in [3.8, 4) is 0 Å². The van der Waals surface area contributed by atoms with Crippen LogP contribution in [-0.2, 0) is 6.42 Å². The van der Waals surface area contributed by atoms with Crippen LogP contribution in [0, 0.1) is 0 Å². The monoisotopic (exact) mass is 316 g/mol. The molecule has 0 saturated carbocycles. The van der Waals surface area contributed by atoms with Crippen LogP contribution in [0.25, 0.3) is 10.8 Å². The fourth-order valence-corrected chi connectivity index (χ4v) is 3.07. The predicted molar refractivity (Wildman–Crippen MR) is 88.8 cm³/mol. The van der Waals surface area contributed by atoms with Gasteiger partial charge in [-0.05, 0) is 41.1 Å². The molecular weight excluding hydrogens is 303 g/mol. The molecule has 0 aliphatic heterocycles. The van der Waals surface area contributed by atoms with Crippen molar-refractivity contribution in [2.75, 3.05) is 0 Å². The van der Waals surface area contributed by atoms with E-state index in [0.29, 0.717) is 16.5 Å². The summed E-state index contributed by atoms with van der Waals surface area (Å²) in [7, 11) is 0. The zero-order valence-corrected chi connectivity index (χ0v) is 12.8. The lowest BCUT2D eigenvalue weighted by atomic mass is 9.95. The van der Waals surface area contributed by atoms with Crippen molar-refractivity contribution >= 4 is 34.0 Å². The lowest BCUT2D eigenvalue weighted by Crippen LogP contribution is -2.14. The summed E-state index contributed by atoms with van der Waals surface area (Å²) in [6.45, 7) is 0. The van der Waals surface area contributed by atoms with Gasteiger partial charge < -0.3 is 5.73 Å². The SMILES string of the molecule is NC(Cc1c(Cl)cccc1Cl)c1cccc2ccncc12. The minimum atomic E-state index is -0.185. The smallest absolute Gasteiger partial charge is 0.0453 e. The fourth-order valence-electron chi connectivity index (χ4n) is 2.52. The van der Waals surface area contributed by atoms with Gasteiger partial charge in [0.05, 0.1) is 0 Å². The van der Waals surface area contributed by atoms with Crippen molar-refractivity contribution < 1.29 is 0 Å². The molecule has 1 atom stereocenters. The summed E-state index contributed by atoms with van der Waals surface area (Å²) in [6, 6.07) is 13.4. The highest BCUT2D eigenvalue weighted by Crippen LogP contribution is 2.30. The van der Waals surface area contributed by atoms with Gasteiger partial charge in [-0.3, -0.25) is 4.98 Å². The predicted octanol–water partition coefficient (Wildman–Crippen LogP) is 4.78. The first-order valence-corrected chi connectivity index (χ1v) is 7.43. The van der Waals surface area contributed by atoms with E-state index in [4.69, 9.17) is 28.9 Å². The summed E-state index contributed by atoms with van der Waals surface area (Å²) >= 11 is 12.5. The van der Waals surface area contributed by atoms with E-state index in [1.165, 1.54) is 0 Å². The number of nitrogens with zero attached hydrogens (tertiary/aromatic N) is 1. The molecule has 1 heterocycles. The third-order valence-corrected chi connectivity index (χ3v) is 4.31. The molecule has 3 aromatic rings. The Balaban J connectivity index is 2.00. The molecule has 21 heavy (non-hydrogen) atoms. The van der Waals surface area contributed by atoms with Crippen molar-refractivity contribution in [2.45, 2.75) is 12.5 Å². The van der Waals surface area contributed by atoms with Crippen LogP contribution in [0.3, 0.4) is 0 Å². The summed E-state index contributed by atoms with van der Waals surface area (Å²) in [6.07, 6.45) is 4.22. The molecule has 0 aliphatic rings. The van der Waals surface area contributed by atoms with Crippen molar-refractivity contribution in [1.29, 1.82) is 0 Å². The number of halogens is 2. The van der Waals surface area contributed by atoms with E-state index >= 15 is 0 Å². The first-order chi connectivity index (χ1) is 10.2. The Labute approximate surface area is 133 Å². The second-order valence-electron chi connectivity index (χ2n) is 4.95. The minimum Gasteiger partial charge on any atom is -0.324 e. The molecule has 0 bridgehead atoms. The second-order valence-corrected chi connectivity index (χ2v) is 5.77. The fraction of sp³-hybridized carbons (Fsp3) is 0.118. The van der Waals surface area contributed by atoms with E-state index in [1.54, 1.807) is 6.20 Å². The zero-order chi connectivity index (χ0) is 14.8. The molecule has 2 aromatic carbocycles. The third-order valence-electron chi connectivity index (χ3n) is 3.60. The van der Waals surface area contributed by atoms with Gasteiger partial charge >= 0.3 is 0 Å². The molecule has 1 aromatic heterocycles. The van der Waals surface area contributed by atoms with Crippen LogP contribution in [0.1, 0.15) is 17.2 Å². The largest absolute Gasteiger partial charge is 0.324 e. The first kappa shape index (κ1) is 14.3. The molecule has 3 rings (SSSR count). The maximum atomic E-state index is 6.39. The number of rotatable bonds is 3. The van der Waals surface area contributed by atoms with E-state index in [2.05, 4.69) is 11.1 Å². The molecule has 0 saturated heterocycles. The Bertz CT molecular complexity index is 761. The first-order valence-electron chi connectivity index (χ1n) is 6.68. The topological polar surface area (TPSA) is 38.9 Å². The summed E-state index contributed by atoms with van der Waals surface area (Å²) in [5.41, 5.74) is 8.32. The van der Waals surface area contributed by atoms with Gasteiger partial charge in [-0.2, -0.15) is 0 Å². The second kappa shape index (κ2) is 6.02. The molecule has 0 spiro atoms. The highest BCUT2D eigenvalue weighted by Gasteiger charge is 2.14. The quantitative estimate of drug-likeness (QED) is 0.755. The van der Waals surface area contributed by atoms with Crippen LogP contribution in [0.4, 0.5) is 0 Å². The Kier molecular flexibility index (Phi) is 4.11. The number of nitrogens with two attached hydrogens (primary N) is 1. The standard InChI is InChI=1S/C17H14Cl2N2/c18-15-5-2-6-16(19)13(15)9-17(20)12-4-1-3-11-7-8-21-10-14(11)12/h1-8,10,17H,9,20H2. The van der Waals surface area contributed by atoms with Crippen LogP contribution in [0.15, 0.2) is 54.9 Å². The van der Waals surface area contributed by atoms with Crippen LogP contribution in [0.5, 0.6) is 0 Å². The van der Waals surface area contributed by atoms with E-state index in [-0.39, 0.29) is 6.04 Å². The van der Waals surface area contributed by atoms with Gasteiger partial charge in [0, 0.05) is 33.9 Å². The van der Waals surface area contributed by atoms with E-state index in [1.807, 2.05) is 42.6 Å². The number of hydrogen-bond acceptors (Lipinski definition) is 2. The molecule has 1 unspecified atom stereocenters. The highest BCUT2D eigenvalue weighted by atomic mass is 35.5. The van der Waals surface area contributed by atoms with E-state index in [0.717, 1.165) is 21.9 Å². The van der Waals surface area contributed by atoms with Crippen molar-refractivity contribution in [1.82, 2.24) is 4.98 Å². The van der Waals surface area contributed by atoms with Crippen LogP contribution in [0.2, 0.25) is 10.0 Å². The van der Waals surface area contributed by atoms with Crippen LogP contribution < -0.4 is 5.73 Å². The molecular formula is C17H14Cl2N2. The van der Waals surface area contributed by atoms with Gasteiger partial charge in [0.25, 0.3) is 0 Å². The van der Waals surface area contributed by atoms with Crippen LogP contribution in [-0.4, -0.2) is 4.98 Å². The van der Waals surface area contributed by atoms with E-state index < -0.39 is 0 Å². The Morgan fingerprint density at radius 3 is 2.48 bits per heavy atom. The number of aromatic nitrogens is 1. The summed E-state index contributed by atoms with van der Waals surface area (Å²) in [5.74, 6) is 0.